The van der Waals surface area contributed by atoms with Gasteiger partial charge in [0, 0.05) is 29.6 Å². The Morgan fingerprint density at radius 3 is 1.88 bits per heavy atom. The quantitative estimate of drug-likeness (QED) is 0.279. The van der Waals surface area contributed by atoms with Crippen molar-refractivity contribution in [1.29, 1.82) is 0 Å². The van der Waals surface area contributed by atoms with Crippen LogP contribution in [0.5, 0.6) is 11.5 Å². The maximum absolute atomic E-state index is 12.1. The van der Waals surface area contributed by atoms with E-state index in [0.717, 1.165) is 5.56 Å². The van der Waals surface area contributed by atoms with Gasteiger partial charge in [-0.3, -0.25) is 4.55 Å². The molecule has 2 aromatic rings. The summed E-state index contributed by atoms with van der Waals surface area (Å²) in [5, 5.41) is 1.32. The van der Waals surface area contributed by atoms with Crippen molar-refractivity contribution in [2.24, 2.45) is 0 Å². The first-order valence-corrected chi connectivity index (χ1v) is 15.0. The molecule has 0 aromatic heterocycles. The molecule has 1 radical (unpaired) electrons. The second kappa shape index (κ2) is 12.6. The van der Waals surface area contributed by atoms with Gasteiger partial charge in [-0.05, 0) is 60.0 Å². The molecule has 0 heterocycles. The Morgan fingerprint density at radius 1 is 0.824 bits per heavy atom. The molecule has 0 saturated heterocycles. The first kappa shape index (κ1) is 28.0. The molecule has 34 heavy (non-hydrogen) atoms. The minimum atomic E-state index is -4.45. The van der Waals surface area contributed by atoms with Gasteiger partial charge >= 0.3 is 0 Å². The monoisotopic (exact) mass is 513 g/mol. The number of ether oxygens (including phenoxy) is 2. The van der Waals surface area contributed by atoms with Crippen molar-refractivity contribution >= 4 is 52.9 Å². The number of hydrogen-bond donors (Lipinski definition) is 1. The summed E-state index contributed by atoms with van der Waals surface area (Å²) in [7, 11) is -1.85. The molecule has 0 spiro atoms. The molecule has 181 valence electrons. The molecule has 2 aromatic carbocycles. The van der Waals surface area contributed by atoms with E-state index in [0.29, 0.717) is 22.6 Å². The van der Waals surface area contributed by atoms with Crippen molar-refractivity contribution in [1.82, 2.24) is 0 Å². The number of rotatable bonds is 7. The predicted octanol–water partition coefficient (Wildman–Crippen LogP) is 6.01. The Labute approximate surface area is 227 Å². The summed E-state index contributed by atoms with van der Waals surface area (Å²) in [6, 6.07) is 11.4. The maximum Gasteiger partial charge on any atom is 0.298 e. The molecule has 0 bridgehead atoms. The Hall–Kier alpha value is -0.620. The van der Waals surface area contributed by atoms with Crippen LogP contribution in [0.4, 0.5) is 0 Å². The summed E-state index contributed by atoms with van der Waals surface area (Å²) in [5.74, 6) is 0.695. The molecule has 0 aliphatic heterocycles. The molecule has 0 amide bonds. The van der Waals surface area contributed by atoms with Crippen molar-refractivity contribution in [3.63, 3.8) is 0 Å². The molecule has 2 aliphatic rings. The third-order valence-electron chi connectivity index (χ3n) is 7.17. The number of methoxy groups -OCH3 is 2. The van der Waals surface area contributed by atoms with Crippen LogP contribution >= 0.6 is 7.92 Å². The van der Waals surface area contributed by atoms with Gasteiger partial charge in [0.05, 0.1) is 19.8 Å². The maximum atomic E-state index is 12.1. The van der Waals surface area contributed by atoms with Crippen LogP contribution in [-0.4, -0.2) is 68.1 Å². The molecule has 2 saturated carbocycles. The zero-order valence-electron chi connectivity index (χ0n) is 20.6. The zero-order valence-corrected chi connectivity index (χ0v) is 24.3. The number of hydrogen-bond acceptors (Lipinski definition) is 4. The van der Waals surface area contributed by atoms with E-state index in [2.05, 4.69) is 18.2 Å². The molecular formula is C26H35NaO5PS. The van der Waals surface area contributed by atoms with Gasteiger partial charge in [-0.2, -0.15) is 8.42 Å². The molecule has 1 N–H and O–H groups in total. The molecule has 0 atom stereocenters. The van der Waals surface area contributed by atoms with Crippen molar-refractivity contribution in [3.05, 3.63) is 36.4 Å². The van der Waals surface area contributed by atoms with Crippen molar-refractivity contribution in [3.8, 4) is 22.6 Å². The summed E-state index contributed by atoms with van der Waals surface area (Å²) in [6.45, 7) is 0. The van der Waals surface area contributed by atoms with Gasteiger partial charge in [-0.15, -0.1) is 0 Å². The van der Waals surface area contributed by atoms with Crippen molar-refractivity contribution in [2.45, 2.75) is 80.4 Å². The SMILES string of the molecule is COc1ccc(S(=O)(=O)O)c(OC)c1-c1ccccc1P(C1CCCCC1)C1CCCCC1.[Na]. The average molecular weight is 514 g/mol. The van der Waals surface area contributed by atoms with Crippen LogP contribution in [0.25, 0.3) is 11.1 Å². The summed E-state index contributed by atoms with van der Waals surface area (Å²) in [6.07, 6.45) is 12.9. The summed E-state index contributed by atoms with van der Waals surface area (Å²) in [4.78, 5) is -0.227. The zero-order chi connectivity index (χ0) is 23.4. The van der Waals surface area contributed by atoms with Crippen LogP contribution in [0.2, 0.25) is 0 Å². The Morgan fingerprint density at radius 2 is 1.38 bits per heavy atom. The molecule has 2 fully saturated rings. The van der Waals surface area contributed by atoms with Gasteiger partial charge in [0.15, 0.2) is 5.75 Å². The summed E-state index contributed by atoms with van der Waals surface area (Å²) < 4.78 is 45.5. The minimum Gasteiger partial charge on any atom is -0.496 e. The topological polar surface area (TPSA) is 72.8 Å². The molecule has 0 unspecified atom stereocenters. The van der Waals surface area contributed by atoms with Gasteiger partial charge < -0.3 is 9.47 Å². The standard InChI is InChI=1S/C26H35O5PS.Na/c1-30-22-17-18-24(33(27,28)29)26(31-2)25(22)21-15-9-10-16-23(21)32(19-11-5-3-6-12-19)20-13-7-4-8-14-20;/h9-10,15-20H,3-8,11-14H2,1-2H3,(H,27,28,29);. The van der Waals surface area contributed by atoms with Crippen molar-refractivity contribution < 1.29 is 22.4 Å². The number of benzene rings is 2. The largest absolute Gasteiger partial charge is 0.496 e. The van der Waals surface area contributed by atoms with Crippen LogP contribution in [0.1, 0.15) is 64.2 Å². The van der Waals surface area contributed by atoms with E-state index in [4.69, 9.17) is 9.47 Å². The van der Waals surface area contributed by atoms with E-state index < -0.39 is 18.0 Å². The fraction of sp³-hybridized carbons (Fsp3) is 0.538. The smallest absolute Gasteiger partial charge is 0.298 e. The molecular weight excluding hydrogens is 478 g/mol. The summed E-state index contributed by atoms with van der Waals surface area (Å²) >= 11 is 0. The van der Waals surface area contributed by atoms with Gasteiger partial charge in [-0.1, -0.05) is 70.7 Å². The minimum absolute atomic E-state index is 0. The van der Waals surface area contributed by atoms with Gasteiger partial charge in [-0.25, -0.2) is 0 Å². The van der Waals surface area contributed by atoms with E-state index in [1.807, 2.05) is 6.07 Å². The normalized spacial score (nSPS) is 17.9. The Bertz CT molecular complexity index is 1040. The molecule has 8 heteroatoms. The fourth-order valence-corrected chi connectivity index (χ4v) is 10.3. The Balaban J connectivity index is 0.00000324. The van der Waals surface area contributed by atoms with Crippen LogP contribution in [-0.2, 0) is 10.1 Å². The molecule has 5 nitrogen and oxygen atoms in total. The van der Waals surface area contributed by atoms with Crippen molar-refractivity contribution in [2.75, 3.05) is 14.2 Å². The van der Waals surface area contributed by atoms with E-state index in [1.165, 1.54) is 82.7 Å². The first-order chi connectivity index (χ1) is 16.0. The van der Waals surface area contributed by atoms with Gasteiger partial charge in [0.25, 0.3) is 10.1 Å². The third-order valence-corrected chi connectivity index (χ3v) is 11.6. The second-order valence-electron chi connectivity index (χ2n) is 9.16. The van der Waals surface area contributed by atoms with Crippen LogP contribution in [0.15, 0.2) is 41.3 Å². The van der Waals surface area contributed by atoms with E-state index in [1.54, 1.807) is 13.2 Å². The predicted molar refractivity (Wildman–Crippen MR) is 141 cm³/mol. The van der Waals surface area contributed by atoms with E-state index in [-0.39, 0.29) is 40.2 Å². The second-order valence-corrected chi connectivity index (χ2v) is 13.3. The van der Waals surface area contributed by atoms with Crippen LogP contribution in [0, 0.1) is 0 Å². The Kier molecular flexibility index (Phi) is 10.3. The fourth-order valence-electron chi connectivity index (χ4n) is 5.70. The van der Waals surface area contributed by atoms with Gasteiger partial charge in [0.1, 0.15) is 10.6 Å². The van der Waals surface area contributed by atoms with Gasteiger partial charge in [0.2, 0.25) is 0 Å². The van der Waals surface area contributed by atoms with Crippen LogP contribution < -0.4 is 14.8 Å². The average Bonchev–Trinajstić information content (AvgIpc) is 2.84. The van der Waals surface area contributed by atoms with E-state index in [9.17, 15) is 13.0 Å². The summed E-state index contributed by atoms with van der Waals surface area (Å²) in [5.41, 5.74) is 2.98. The third kappa shape index (κ3) is 6.02. The first-order valence-electron chi connectivity index (χ1n) is 12.1. The molecule has 4 rings (SSSR count). The molecule has 2 aliphatic carbocycles. The van der Waals surface area contributed by atoms with Crippen LogP contribution in [0.3, 0.4) is 0 Å². The van der Waals surface area contributed by atoms with E-state index >= 15 is 0 Å².